The van der Waals surface area contributed by atoms with Crippen molar-refractivity contribution in [1.29, 1.82) is 0 Å². The second kappa shape index (κ2) is 8.78. The third-order valence-corrected chi connectivity index (χ3v) is 8.43. The molecule has 1 aromatic rings. The van der Waals surface area contributed by atoms with Crippen LogP contribution < -0.4 is 0 Å². The molecule has 0 aromatic heterocycles. The average molecular weight is 480 g/mol. The number of aliphatic imine (C=N–C) groups is 1. The van der Waals surface area contributed by atoms with Gasteiger partial charge in [0.25, 0.3) is 10.1 Å². The maximum atomic E-state index is 12.9. The molecule has 0 amide bonds. The number of hydrogen-bond donors (Lipinski definition) is 1. The van der Waals surface area contributed by atoms with E-state index < -0.39 is 33.3 Å². The highest BCUT2D eigenvalue weighted by molar-refractivity contribution is 7.86. The van der Waals surface area contributed by atoms with E-state index in [1.54, 1.807) is 39.8 Å². The second-order valence-corrected chi connectivity index (χ2v) is 12.8. The lowest BCUT2D eigenvalue weighted by molar-refractivity contribution is -0.157. The number of aryl methyl sites for hydroxylation is 1. The van der Waals surface area contributed by atoms with E-state index in [9.17, 15) is 18.3 Å². The van der Waals surface area contributed by atoms with Gasteiger partial charge in [-0.25, -0.2) is 4.79 Å². The Morgan fingerprint density at radius 1 is 1.21 bits per heavy atom. The number of fused-ring (bicyclic) bond motifs is 2. The van der Waals surface area contributed by atoms with Crippen LogP contribution in [-0.2, 0) is 23.8 Å². The van der Waals surface area contributed by atoms with E-state index in [1.165, 1.54) is 12.1 Å². The Kier molecular flexibility index (Phi) is 6.88. The molecule has 0 saturated heterocycles. The summed E-state index contributed by atoms with van der Waals surface area (Å²) in [6, 6.07) is 5.42. The number of rotatable bonds is 7. The molecule has 3 fully saturated rings. The van der Waals surface area contributed by atoms with Gasteiger partial charge in [-0.3, -0.25) is 9.18 Å². The molecule has 8 heteroatoms. The summed E-state index contributed by atoms with van der Waals surface area (Å²) in [4.78, 5) is 17.6. The first kappa shape index (κ1) is 25.8. The molecule has 3 aliphatic carbocycles. The second-order valence-electron chi connectivity index (χ2n) is 11.2. The molecular formula is C25H37NO6S. The summed E-state index contributed by atoms with van der Waals surface area (Å²) in [7, 11) is -3.96. The zero-order valence-corrected chi connectivity index (χ0v) is 21.5. The molecular weight excluding hydrogens is 442 g/mol. The van der Waals surface area contributed by atoms with E-state index in [1.807, 2.05) is 6.92 Å². The van der Waals surface area contributed by atoms with Crippen molar-refractivity contribution in [2.45, 2.75) is 89.9 Å². The number of benzene rings is 1. The van der Waals surface area contributed by atoms with Crippen molar-refractivity contribution in [2.75, 3.05) is 6.61 Å². The van der Waals surface area contributed by atoms with Gasteiger partial charge in [-0.1, -0.05) is 31.5 Å². The van der Waals surface area contributed by atoms with Crippen molar-refractivity contribution in [3.63, 3.8) is 0 Å². The first-order valence-corrected chi connectivity index (χ1v) is 12.9. The first-order chi connectivity index (χ1) is 15.0. The third-order valence-electron chi connectivity index (χ3n) is 7.10. The van der Waals surface area contributed by atoms with Crippen LogP contribution in [0.5, 0.6) is 0 Å². The molecule has 2 bridgehead atoms. The van der Waals surface area contributed by atoms with Gasteiger partial charge < -0.3 is 9.84 Å². The van der Waals surface area contributed by atoms with Crippen molar-refractivity contribution in [3.05, 3.63) is 29.8 Å². The van der Waals surface area contributed by atoms with E-state index in [2.05, 4.69) is 18.8 Å². The molecule has 184 valence electrons. The Labute approximate surface area is 197 Å². The summed E-state index contributed by atoms with van der Waals surface area (Å²) in [6.07, 6.45) is 1.57. The quantitative estimate of drug-likeness (QED) is 0.467. The zero-order valence-electron chi connectivity index (χ0n) is 20.7. The molecule has 1 N–H and O–H groups in total. The number of nitrogens with zero attached hydrogens (tertiary/aromatic N) is 1. The molecule has 4 atom stereocenters. The summed E-state index contributed by atoms with van der Waals surface area (Å²) < 4.78 is 35.8. The van der Waals surface area contributed by atoms with Crippen LogP contribution in [0.15, 0.2) is 34.2 Å². The highest BCUT2D eigenvalue weighted by atomic mass is 32.2. The van der Waals surface area contributed by atoms with E-state index in [-0.39, 0.29) is 29.3 Å². The molecule has 1 aromatic carbocycles. The molecule has 7 nitrogen and oxygen atoms in total. The summed E-state index contributed by atoms with van der Waals surface area (Å²) in [5.41, 5.74) is -0.289. The maximum absolute atomic E-state index is 12.9. The summed E-state index contributed by atoms with van der Waals surface area (Å²) >= 11 is 0. The van der Waals surface area contributed by atoms with Gasteiger partial charge >= 0.3 is 5.97 Å². The van der Waals surface area contributed by atoms with Crippen LogP contribution in [0.25, 0.3) is 0 Å². The fourth-order valence-electron chi connectivity index (χ4n) is 4.98. The minimum absolute atomic E-state index is 0.0230. The predicted octanol–water partition coefficient (Wildman–Crippen LogP) is 4.06. The van der Waals surface area contributed by atoms with Gasteiger partial charge in [-0.2, -0.15) is 8.42 Å². The average Bonchev–Trinajstić information content (AvgIpc) is 2.66. The molecule has 33 heavy (non-hydrogen) atoms. The monoisotopic (exact) mass is 479 g/mol. The lowest BCUT2D eigenvalue weighted by atomic mass is 9.44. The number of carbonyl (C=O) groups excluding carboxylic acids is 1. The molecule has 0 spiro atoms. The van der Waals surface area contributed by atoms with Crippen LogP contribution >= 0.6 is 0 Å². The Hall–Kier alpha value is -1.77. The Bertz CT molecular complexity index is 1020. The number of hydrogen-bond acceptors (Lipinski definition) is 7. The van der Waals surface area contributed by atoms with Crippen molar-refractivity contribution in [3.8, 4) is 0 Å². The van der Waals surface area contributed by atoms with Crippen molar-refractivity contribution in [1.82, 2.24) is 0 Å². The zero-order chi connectivity index (χ0) is 24.8. The van der Waals surface area contributed by atoms with Crippen molar-refractivity contribution < 1.29 is 27.2 Å². The lowest BCUT2D eigenvalue weighted by Gasteiger charge is -2.62. The SMILES string of the molecule is Cc1ccc(S(=O)(=O)OCCC(N=C2CC3CC(C2(C)O)C3(C)C)C(=O)OC(C)(C)C)cc1. The third kappa shape index (κ3) is 5.49. The Morgan fingerprint density at radius 3 is 2.33 bits per heavy atom. The van der Waals surface area contributed by atoms with Crippen LogP contribution in [-0.4, -0.2) is 49.1 Å². The Balaban J connectivity index is 1.77. The summed E-state index contributed by atoms with van der Waals surface area (Å²) in [5.74, 6) is -0.0838. The largest absolute Gasteiger partial charge is 0.458 e. The molecule has 3 saturated carbocycles. The van der Waals surface area contributed by atoms with Crippen LogP contribution in [0.1, 0.15) is 66.4 Å². The van der Waals surface area contributed by atoms with Crippen LogP contribution in [0, 0.1) is 24.2 Å². The van der Waals surface area contributed by atoms with Gasteiger partial charge in [0.15, 0.2) is 0 Å². The molecule has 3 aliphatic rings. The van der Waals surface area contributed by atoms with Crippen LogP contribution in [0.3, 0.4) is 0 Å². The van der Waals surface area contributed by atoms with E-state index in [0.717, 1.165) is 12.0 Å². The highest BCUT2D eigenvalue weighted by Crippen LogP contribution is 2.61. The van der Waals surface area contributed by atoms with E-state index >= 15 is 0 Å². The molecule has 4 unspecified atom stereocenters. The molecule has 0 radical (unpaired) electrons. The van der Waals surface area contributed by atoms with Gasteiger partial charge in [-0.15, -0.1) is 0 Å². The smallest absolute Gasteiger partial charge is 0.331 e. The lowest BCUT2D eigenvalue weighted by Crippen LogP contribution is -2.65. The fourth-order valence-corrected chi connectivity index (χ4v) is 5.90. The Morgan fingerprint density at radius 2 is 1.82 bits per heavy atom. The normalized spacial score (nSPS) is 28.8. The summed E-state index contributed by atoms with van der Waals surface area (Å²) in [6.45, 7) is 13.0. The van der Waals surface area contributed by atoms with E-state index in [4.69, 9.17) is 8.92 Å². The number of ether oxygens (including phenoxy) is 1. The summed E-state index contributed by atoms with van der Waals surface area (Å²) in [5, 5.41) is 11.3. The van der Waals surface area contributed by atoms with Gasteiger partial charge in [0, 0.05) is 12.1 Å². The number of carbonyl (C=O) groups is 1. The maximum Gasteiger partial charge on any atom is 0.331 e. The number of esters is 1. The van der Waals surface area contributed by atoms with Gasteiger partial charge in [-0.05, 0) is 76.8 Å². The van der Waals surface area contributed by atoms with Gasteiger partial charge in [0.2, 0.25) is 0 Å². The minimum Gasteiger partial charge on any atom is -0.458 e. The van der Waals surface area contributed by atoms with Crippen molar-refractivity contribution >= 4 is 21.8 Å². The first-order valence-electron chi connectivity index (χ1n) is 11.5. The van der Waals surface area contributed by atoms with Crippen LogP contribution in [0.2, 0.25) is 0 Å². The molecule has 0 aliphatic heterocycles. The van der Waals surface area contributed by atoms with Gasteiger partial charge in [0.1, 0.15) is 17.2 Å². The molecule has 4 rings (SSSR count). The van der Waals surface area contributed by atoms with Crippen LogP contribution in [0.4, 0.5) is 0 Å². The van der Waals surface area contributed by atoms with Crippen molar-refractivity contribution in [2.24, 2.45) is 22.2 Å². The molecule has 0 heterocycles. The standard InChI is InChI=1S/C25H37NO6S/c1-16-8-10-18(11-9-16)33(29,30)31-13-12-19(22(27)32-23(2,3)4)26-21-15-17-14-20(24(17,5)6)25(21,7)28/h8-11,17,19-20,28H,12-15H2,1-7H3. The predicted molar refractivity (Wildman–Crippen MR) is 127 cm³/mol. The van der Waals surface area contributed by atoms with E-state index in [0.29, 0.717) is 18.1 Å². The minimum atomic E-state index is -3.96. The topological polar surface area (TPSA) is 102 Å². The highest BCUT2D eigenvalue weighted by Gasteiger charge is 2.61. The fraction of sp³-hybridized carbons (Fsp3) is 0.680. The van der Waals surface area contributed by atoms with Gasteiger partial charge in [0.05, 0.1) is 11.5 Å². The number of aliphatic hydroxyl groups is 1.